The number of hydrogen-bond donors (Lipinski definition) is 0. The molecule has 2 rings (SSSR count). The molecule has 0 unspecified atom stereocenters. The molecule has 4 heteroatoms. The smallest absolute Gasteiger partial charge is 0.253 e. The van der Waals surface area contributed by atoms with Gasteiger partial charge in [-0.2, -0.15) is 0 Å². The summed E-state index contributed by atoms with van der Waals surface area (Å²) in [5, 5.41) is 0. The zero-order valence-electron chi connectivity index (χ0n) is 11.7. The fourth-order valence-corrected chi connectivity index (χ4v) is 2.17. The van der Waals surface area contributed by atoms with Crippen LogP contribution in [0.15, 0.2) is 29.3 Å². The van der Waals surface area contributed by atoms with Gasteiger partial charge >= 0.3 is 0 Å². The molecule has 0 N–H and O–H groups in total. The summed E-state index contributed by atoms with van der Waals surface area (Å²) in [6.07, 6.45) is 3.56. The second kappa shape index (κ2) is 5.26. The molecule has 100 valence electrons. The van der Waals surface area contributed by atoms with Gasteiger partial charge in [0.2, 0.25) is 0 Å². The standard InChI is InChI=1S/C15H18N2O2/c1-10-6-5-7-17(15(10)18)9-13-12(3)14(19-4)11(2)8-16-13/h5-8H,9H2,1-4H3. The van der Waals surface area contributed by atoms with Crippen LogP contribution in [0.25, 0.3) is 0 Å². The third-order valence-electron chi connectivity index (χ3n) is 3.28. The normalized spacial score (nSPS) is 10.5. The molecule has 0 spiro atoms. The first-order valence-corrected chi connectivity index (χ1v) is 6.19. The number of aryl methyl sites for hydroxylation is 2. The highest BCUT2D eigenvalue weighted by atomic mass is 16.5. The molecule has 2 aromatic rings. The summed E-state index contributed by atoms with van der Waals surface area (Å²) in [5.74, 6) is 0.839. The maximum absolute atomic E-state index is 12.0. The van der Waals surface area contributed by atoms with E-state index in [-0.39, 0.29) is 5.56 Å². The Balaban J connectivity index is 2.45. The predicted octanol–water partition coefficient (Wildman–Crippen LogP) is 2.23. The molecule has 0 aliphatic rings. The maximum Gasteiger partial charge on any atom is 0.253 e. The fourth-order valence-electron chi connectivity index (χ4n) is 2.17. The Labute approximate surface area is 112 Å². The summed E-state index contributed by atoms with van der Waals surface area (Å²) >= 11 is 0. The number of hydrogen-bond acceptors (Lipinski definition) is 3. The molecule has 0 saturated carbocycles. The van der Waals surface area contributed by atoms with Crippen molar-refractivity contribution in [3.8, 4) is 5.75 Å². The van der Waals surface area contributed by atoms with Crippen molar-refractivity contribution in [2.75, 3.05) is 7.11 Å². The van der Waals surface area contributed by atoms with Gasteiger partial charge in [0.15, 0.2) is 0 Å². The topological polar surface area (TPSA) is 44.1 Å². The lowest BCUT2D eigenvalue weighted by Gasteiger charge is -2.13. The summed E-state index contributed by atoms with van der Waals surface area (Å²) in [6.45, 7) is 6.20. The van der Waals surface area contributed by atoms with Crippen LogP contribution in [0, 0.1) is 20.8 Å². The van der Waals surface area contributed by atoms with Gasteiger partial charge < -0.3 is 9.30 Å². The van der Waals surface area contributed by atoms with E-state index in [9.17, 15) is 4.79 Å². The minimum atomic E-state index is 0.0169. The van der Waals surface area contributed by atoms with Gasteiger partial charge in [0.25, 0.3) is 5.56 Å². The molecular weight excluding hydrogens is 240 g/mol. The van der Waals surface area contributed by atoms with Crippen LogP contribution in [0.3, 0.4) is 0 Å². The van der Waals surface area contributed by atoms with Crippen LogP contribution >= 0.6 is 0 Å². The summed E-state index contributed by atoms with van der Waals surface area (Å²) in [6, 6.07) is 3.69. The Morgan fingerprint density at radius 3 is 2.68 bits per heavy atom. The van der Waals surface area contributed by atoms with Crippen molar-refractivity contribution in [3.63, 3.8) is 0 Å². The monoisotopic (exact) mass is 258 g/mol. The van der Waals surface area contributed by atoms with Crippen molar-refractivity contribution in [3.05, 3.63) is 57.3 Å². The Hall–Kier alpha value is -2.10. The fraction of sp³-hybridized carbons (Fsp3) is 0.333. The minimum absolute atomic E-state index is 0.0169. The lowest BCUT2D eigenvalue weighted by atomic mass is 10.1. The van der Waals surface area contributed by atoms with E-state index in [0.29, 0.717) is 6.54 Å². The van der Waals surface area contributed by atoms with Gasteiger partial charge in [0, 0.05) is 29.1 Å². The van der Waals surface area contributed by atoms with Crippen LogP contribution < -0.4 is 10.3 Å². The van der Waals surface area contributed by atoms with Gasteiger partial charge in [0.1, 0.15) is 5.75 Å². The molecule has 0 bridgehead atoms. The van der Waals surface area contributed by atoms with Crippen LogP contribution in [0.5, 0.6) is 5.75 Å². The first kappa shape index (κ1) is 13.3. The third-order valence-corrected chi connectivity index (χ3v) is 3.28. The molecule has 4 nitrogen and oxygen atoms in total. The summed E-state index contributed by atoms with van der Waals surface area (Å²) in [4.78, 5) is 16.4. The van der Waals surface area contributed by atoms with Gasteiger partial charge in [-0.05, 0) is 26.8 Å². The van der Waals surface area contributed by atoms with Crippen molar-refractivity contribution < 1.29 is 4.74 Å². The molecular formula is C15H18N2O2. The van der Waals surface area contributed by atoms with Crippen molar-refractivity contribution in [1.82, 2.24) is 9.55 Å². The molecule has 0 aromatic carbocycles. The SMILES string of the molecule is COc1c(C)cnc(Cn2cccc(C)c2=O)c1C. The molecule has 0 aliphatic heterocycles. The number of nitrogens with zero attached hydrogens (tertiary/aromatic N) is 2. The average molecular weight is 258 g/mol. The predicted molar refractivity (Wildman–Crippen MR) is 74.8 cm³/mol. The molecule has 0 radical (unpaired) electrons. The highest BCUT2D eigenvalue weighted by Crippen LogP contribution is 2.24. The quantitative estimate of drug-likeness (QED) is 0.848. The Morgan fingerprint density at radius 1 is 1.26 bits per heavy atom. The van der Waals surface area contributed by atoms with E-state index in [4.69, 9.17) is 4.74 Å². The number of methoxy groups -OCH3 is 1. The minimum Gasteiger partial charge on any atom is -0.496 e. The number of ether oxygens (including phenoxy) is 1. The molecule has 0 atom stereocenters. The summed E-state index contributed by atoms with van der Waals surface area (Å²) in [5.41, 5.74) is 3.59. The van der Waals surface area contributed by atoms with Crippen LogP contribution in [0.4, 0.5) is 0 Å². The zero-order valence-corrected chi connectivity index (χ0v) is 11.7. The second-order valence-electron chi connectivity index (χ2n) is 4.67. The first-order valence-electron chi connectivity index (χ1n) is 6.19. The summed E-state index contributed by atoms with van der Waals surface area (Å²) in [7, 11) is 1.65. The number of aromatic nitrogens is 2. The molecule has 0 amide bonds. The molecule has 2 heterocycles. The first-order chi connectivity index (χ1) is 9.04. The molecule has 19 heavy (non-hydrogen) atoms. The largest absolute Gasteiger partial charge is 0.496 e. The highest BCUT2D eigenvalue weighted by Gasteiger charge is 2.10. The molecule has 2 aromatic heterocycles. The Morgan fingerprint density at radius 2 is 2.00 bits per heavy atom. The summed E-state index contributed by atoms with van der Waals surface area (Å²) < 4.78 is 7.05. The van der Waals surface area contributed by atoms with E-state index in [1.165, 1.54) is 0 Å². The van der Waals surface area contributed by atoms with Crippen LogP contribution in [-0.2, 0) is 6.54 Å². The Bertz CT molecular complexity index is 660. The third kappa shape index (κ3) is 2.52. The molecule has 0 aliphatic carbocycles. The van der Waals surface area contributed by atoms with E-state index in [2.05, 4.69) is 4.98 Å². The zero-order chi connectivity index (χ0) is 14.0. The van der Waals surface area contributed by atoms with Crippen LogP contribution in [0.2, 0.25) is 0 Å². The van der Waals surface area contributed by atoms with Crippen molar-refractivity contribution >= 4 is 0 Å². The van der Waals surface area contributed by atoms with Gasteiger partial charge in [-0.25, -0.2) is 0 Å². The highest BCUT2D eigenvalue weighted by molar-refractivity contribution is 5.41. The van der Waals surface area contributed by atoms with Crippen molar-refractivity contribution in [2.45, 2.75) is 27.3 Å². The van der Waals surface area contributed by atoms with Gasteiger partial charge in [-0.15, -0.1) is 0 Å². The van der Waals surface area contributed by atoms with E-state index >= 15 is 0 Å². The van der Waals surface area contributed by atoms with Crippen LogP contribution in [0.1, 0.15) is 22.4 Å². The average Bonchev–Trinajstić information content (AvgIpc) is 2.39. The van der Waals surface area contributed by atoms with Crippen LogP contribution in [-0.4, -0.2) is 16.7 Å². The maximum atomic E-state index is 12.0. The Kier molecular flexibility index (Phi) is 3.69. The van der Waals surface area contributed by atoms with E-state index in [1.54, 1.807) is 24.1 Å². The van der Waals surface area contributed by atoms with E-state index in [0.717, 1.165) is 28.1 Å². The lowest BCUT2D eigenvalue weighted by Crippen LogP contribution is -2.22. The number of pyridine rings is 2. The van der Waals surface area contributed by atoms with Gasteiger partial charge in [0.05, 0.1) is 19.3 Å². The van der Waals surface area contributed by atoms with E-state index in [1.807, 2.05) is 32.9 Å². The number of rotatable bonds is 3. The molecule has 0 fully saturated rings. The van der Waals surface area contributed by atoms with Crippen molar-refractivity contribution in [1.29, 1.82) is 0 Å². The van der Waals surface area contributed by atoms with E-state index < -0.39 is 0 Å². The van der Waals surface area contributed by atoms with Crippen molar-refractivity contribution in [2.24, 2.45) is 0 Å². The lowest BCUT2D eigenvalue weighted by molar-refractivity contribution is 0.406. The second-order valence-corrected chi connectivity index (χ2v) is 4.67. The molecule has 0 saturated heterocycles. The van der Waals surface area contributed by atoms with Gasteiger partial charge in [-0.1, -0.05) is 6.07 Å². The van der Waals surface area contributed by atoms with Gasteiger partial charge in [-0.3, -0.25) is 9.78 Å².